The number of rotatable bonds is 6. The van der Waals surface area contributed by atoms with Crippen LogP contribution in [0.5, 0.6) is 0 Å². The number of nitrogens with one attached hydrogen (secondary N) is 1. The molecule has 3 N–H and O–H groups in total. The van der Waals surface area contributed by atoms with Crippen LogP contribution >= 0.6 is 0 Å². The Morgan fingerprint density at radius 2 is 1.82 bits per heavy atom. The van der Waals surface area contributed by atoms with Crippen LogP contribution in [0.4, 0.5) is 0 Å². The van der Waals surface area contributed by atoms with Crippen molar-refractivity contribution in [2.75, 3.05) is 13.2 Å². The Labute approximate surface area is 132 Å². The van der Waals surface area contributed by atoms with Crippen LogP contribution in [0.25, 0.3) is 0 Å². The smallest absolute Gasteiger partial charge is 0.338 e. The van der Waals surface area contributed by atoms with Gasteiger partial charge in [-0.05, 0) is 36.6 Å². The van der Waals surface area contributed by atoms with Gasteiger partial charge in [0.15, 0.2) is 0 Å². The Bertz CT molecular complexity index is 603. The molecule has 0 saturated heterocycles. The lowest BCUT2D eigenvalue weighted by Gasteiger charge is -2.30. The lowest BCUT2D eigenvalue weighted by atomic mass is 9.88. The summed E-state index contributed by atoms with van der Waals surface area (Å²) in [6.07, 6.45) is 0. The number of carbonyl (C=O) groups excluding carboxylic acids is 1. The molecule has 1 atom stereocenters. The van der Waals surface area contributed by atoms with Crippen LogP contribution in [0, 0.1) is 5.41 Å². The van der Waals surface area contributed by atoms with Crippen molar-refractivity contribution in [2.45, 2.75) is 38.6 Å². The number of carbonyl (C=O) groups is 1. The third kappa shape index (κ3) is 4.79. The minimum atomic E-state index is -3.69. The molecule has 0 spiro atoms. The van der Waals surface area contributed by atoms with Gasteiger partial charge in [0.1, 0.15) is 0 Å². The molecule has 0 fully saturated rings. The summed E-state index contributed by atoms with van der Waals surface area (Å²) in [6.45, 7) is 7.92. The predicted octanol–water partition coefficient (Wildman–Crippen LogP) is 1.51. The van der Waals surface area contributed by atoms with Gasteiger partial charge in [0.05, 0.1) is 17.1 Å². The number of esters is 1. The second kappa shape index (κ2) is 7.21. The van der Waals surface area contributed by atoms with E-state index in [0.29, 0.717) is 5.56 Å². The molecular weight excluding hydrogens is 304 g/mol. The van der Waals surface area contributed by atoms with Gasteiger partial charge in [0, 0.05) is 12.6 Å². The van der Waals surface area contributed by atoms with Crippen molar-refractivity contribution in [1.82, 2.24) is 4.72 Å². The highest BCUT2D eigenvalue weighted by molar-refractivity contribution is 7.89. The molecule has 1 rings (SSSR count). The van der Waals surface area contributed by atoms with E-state index in [-0.39, 0.29) is 29.5 Å². The molecule has 0 aromatic heterocycles. The van der Waals surface area contributed by atoms with E-state index in [4.69, 9.17) is 10.5 Å². The van der Waals surface area contributed by atoms with Crippen LogP contribution in [-0.4, -0.2) is 33.6 Å². The van der Waals surface area contributed by atoms with Gasteiger partial charge in [-0.15, -0.1) is 0 Å². The molecule has 0 radical (unpaired) electrons. The van der Waals surface area contributed by atoms with Crippen LogP contribution in [0.2, 0.25) is 0 Å². The second-order valence-corrected chi connectivity index (χ2v) is 7.73. The van der Waals surface area contributed by atoms with E-state index >= 15 is 0 Å². The first-order chi connectivity index (χ1) is 10.1. The van der Waals surface area contributed by atoms with Gasteiger partial charge in [-0.25, -0.2) is 17.9 Å². The van der Waals surface area contributed by atoms with Gasteiger partial charge in [-0.3, -0.25) is 0 Å². The van der Waals surface area contributed by atoms with Gasteiger partial charge < -0.3 is 10.5 Å². The predicted molar refractivity (Wildman–Crippen MR) is 85.0 cm³/mol. The Balaban J connectivity index is 2.97. The molecule has 0 aliphatic rings. The van der Waals surface area contributed by atoms with Crippen molar-refractivity contribution in [2.24, 2.45) is 11.1 Å². The van der Waals surface area contributed by atoms with E-state index in [1.54, 1.807) is 6.92 Å². The molecule has 124 valence electrons. The zero-order valence-corrected chi connectivity index (χ0v) is 14.2. The third-order valence-corrected chi connectivity index (χ3v) is 4.74. The van der Waals surface area contributed by atoms with Crippen molar-refractivity contribution in [3.63, 3.8) is 0 Å². The molecule has 7 heteroatoms. The van der Waals surface area contributed by atoms with Gasteiger partial charge >= 0.3 is 5.97 Å². The minimum Gasteiger partial charge on any atom is -0.462 e. The number of nitrogens with two attached hydrogens (primary N) is 1. The average Bonchev–Trinajstić information content (AvgIpc) is 2.44. The first-order valence-electron chi connectivity index (χ1n) is 7.11. The Kier molecular flexibility index (Phi) is 6.10. The van der Waals surface area contributed by atoms with Crippen molar-refractivity contribution >= 4 is 16.0 Å². The normalized spacial score (nSPS) is 13.7. The van der Waals surface area contributed by atoms with Gasteiger partial charge in [0.25, 0.3) is 0 Å². The lowest BCUT2D eigenvalue weighted by Crippen LogP contribution is -2.48. The van der Waals surface area contributed by atoms with Crippen LogP contribution < -0.4 is 10.5 Å². The molecule has 6 nitrogen and oxygen atoms in total. The molecule has 0 bridgehead atoms. The fraction of sp³-hybridized carbons (Fsp3) is 0.533. The summed E-state index contributed by atoms with van der Waals surface area (Å²) < 4.78 is 32.2. The number of benzene rings is 1. The minimum absolute atomic E-state index is 0.0863. The van der Waals surface area contributed by atoms with Gasteiger partial charge in [-0.2, -0.15) is 0 Å². The highest BCUT2D eigenvalue weighted by Gasteiger charge is 2.28. The van der Waals surface area contributed by atoms with Crippen LogP contribution in [0.3, 0.4) is 0 Å². The fourth-order valence-electron chi connectivity index (χ4n) is 1.82. The first-order valence-corrected chi connectivity index (χ1v) is 8.59. The summed E-state index contributed by atoms with van der Waals surface area (Å²) in [4.78, 5) is 11.6. The topological polar surface area (TPSA) is 98.5 Å². The van der Waals surface area contributed by atoms with Crippen molar-refractivity contribution in [3.8, 4) is 0 Å². The van der Waals surface area contributed by atoms with Crippen molar-refractivity contribution in [1.29, 1.82) is 0 Å². The quantitative estimate of drug-likeness (QED) is 0.771. The second-order valence-electron chi connectivity index (χ2n) is 6.02. The van der Waals surface area contributed by atoms with Crippen molar-refractivity contribution in [3.05, 3.63) is 29.8 Å². The molecule has 1 unspecified atom stereocenters. The highest BCUT2D eigenvalue weighted by Crippen LogP contribution is 2.21. The maximum atomic E-state index is 12.4. The lowest BCUT2D eigenvalue weighted by molar-refractivity contribution is 0.0526. The van der Waals surface area contributed by atoms with E-state index < -0.39 is 16.0 Å². The van der Waals surface area contributed by atoms with E-state index in [0.717, 1.165) is 0 Å². The zero-order valence-electron chi connectivity index (χ0n) is 13.4. The SMILES string of the molecule is CCOC(=O)c1ccc(S(=O)(=O)NC(CN)C(C)(C)C)cc1. The maximum Gasteiger partial charge on any atom is 0.338 e. The first kappa shape index (κ1) is 18.6. The molecule has 1 aromatic rings. The summed E-state index contributed by atoms with van der Waals surface area (Å²) >= 11 is 0. The number of hydrogen-bond acceptors (Lipinski definition) is 5. The fourth-order valence-corrected chi connectivity index (χ4v) is 3.27. The van der Waals surface area contributed by atoms with Crippen LogP contribution in [-0.2, 0) is 14.8 Å². The number of ether oxygens (including phenoxy) is 1. The Morgan fingerprint density at radius 1 is 1.27 bits per heavy atom. The molecule has 0 amide bonds. The Hall–Kier alpha value is -1.44. The molecule has 0 heterocycles. The van der Waals surface area contributed by atoms with Gasteiger partial charge in [0.2, 0.25) is 10.0 Å². The third-order valence-electron chi connectivity index (χ3n) is 3.25. The molecular formula is C15H24N2O4S. The van der Waals surface area contributed by atoms with Crippen LogP contribution in [0.1, 0.15) is 38.1 Å². The van der Waals surface area contributed by atoms with E-state index in [1.165, 1.54) is 24.3 Å². The largest absolute Gasteiger partial charge is 0.462 e. The summed E-state index contributed by atoms with van der Waals surface area (Å²) in [6, 6.07) is 5.24. The summed E-state index contributed by atoms with van der Waals surface area (Å²) in [5.41, 5.74) is 5.67. The molecule has 0 aliphatic carbocycles. The van der Waals surface area contributed by atoms with E-state index in [2.05, 4.69) is 4.72 Å². The molecule has 22 heavy (non-hydrogen) atoms. The average molecular weight is 328 g/mol. The summed E-state index contributed by atoms with van der Waals surface area (Å²) in [5, 5.41) is 0. The van der Waals surface area contributed by atoms with Crippen molar-refractivity contribution < 1.29 is 17.9 Å². The molecule has 0 aliphatic heterocycles. The van der Waals surface area contributed by atoms with E-state index in [1.807, 2.05) is 20.8 Å². The Morgan fingerprint density at radius 3 is 2.23 bits per heavy atom. The van der Waals surface area contributed by atoms with Crippen LogP contribution in [0.15, 0.2) is 29.2 Å². The van der Waals surface area contributed by atoms with Gasteiger partial charge in [-0.1, -0.05) is 20.8 Å². The zero-order chi connectivity index (χ0) is 17.0. The molecule has 1 aromatic carbocycles. The number of hydrogen-bond donors (Lipinski definition) is 2. The number of sulfonamides is 1. The summed E-state index contributed by atoms with van der Waals surface area (Å²) in [5.74, 6) is -0.478. The highest BCUT2D eigenvalue weighted by atomic mass is 32.2. The standard InChI is InChI=1S/C15H24N2O4S/c1-5-21-14(18)11-6-8-12(9-7-11)22(19,20)17-13(10-16)15(2,3)4/h6-9,13,17H,5,10,16H2,1-4H3. The maximum absolute atomic E-state index is 12.4. The summed E-state index contributed by atoms with van der Waals surface area (Å²) in [7, 11) is -3.69. The van der Waals surface area contributed by atoms with E-state index in [9.17, 15) is 13.2 Å². The molecule has 0 saturated carbocycles. The monoisotopic (exact) mass is 328 g/mol.